The van der Waals surface area contributed by atoms with Crippen LogP contribution in [0.3, 0.4) is 0 Å². The largest absolute Gasteiger partial charge is 0.432 e. The van der Waals surface area contributed by atoms with Gasteiger partial charge in [0.25, 0.3) is 5.91 Å². The Labute approximate surface area is 157 Å². The average molecular weight is 372 g/mol. The van der Waals surface area contributed by atoms with E-state index in [1.54, 1.807) is 34.7 Å². The van der Waals surface area contributed by atoms with E-state index in [4.69, 9.17) is 4.74 Å². The van der Waals surface area contributed by atoms with Crippen molar-refractivity contribution in [2.45, 2.75) is 46.1 Å². The van der Waals surface area contributed by atoms with Crippen molar-refractivity contribution >= 4 is 11.6 Å². The van der Waals surface area contributed by atoms with Crippen LogP contribution in [0.2, 0.25) is 0 Å². The van der Waals surface area contributed by atoms with E-state index < -0.39 is 10.5 Å². The molecule has 0 unspecified atom stereocenters. The molecule has 0 N–H and O–H groups in total. The number of ether oxygens (including phenoxy) is 1. The third-order valence-corrected chi connectivity index (χ3v) is 4.57. The topological polar surface area (TPSA) is 90.5 Å². The fourth-order valence-corrected chi connectivity index (χ4v) is 3.13. The van der Waals surface area contributed by atoms with E-state index in [9.17, 15) is 14.9 Å². The van der Waals surface area contributed by atoms with Crippen molar-refractivity contribution in [3.63, 3.8) is 0 Å². The Kier molecular flexibility index (Phi) is 4.91. The van der Waals surface area contributed by atoms with E-state index >= 15 is 0 Å². The summed E-state index contributed by atoms with van der Waals surface area (Å²) in [6, 6.07) is 6.19. The number of nitro groups is 1. The summed E-state index contributed by atoms with van der Waals surface area (Å²) in [5.41, 5.74) is 0.319. The number of rotatable bonds is 4. The summed E-state index contributed by atoms with van der Waals surface area (Å²) in [6.07, 6.45) is 1.98. The summed E-state index contributed by atoms with van der Waals surface area (Å²) in [5.74, 6) is 0.343. The number of carbonyl (C=O) groups excluding carboxylic acids is 1. The zero-order chi connectivity index (χ0) is 19.8. The number of carbonyl (C=O) groups is 1. The zero-order valence-corrected chi connectivity index (χ0v) is 16.1. The first-order valence-electron chi connectivity index (χ1n) is 9.01. The maximum Gasteiger partial charge on any atom is 0.311 e. The van der Waals surface area contributed by atoms with Crippen LogP contribution in [-0.4, -0.2) is 38.6 Å². The summed E-state index contributed by atoms with van der Waals surface area (Å²) in [6.45, 7) is 9.03. The van der Waals surface area contributed by atoms with Gasteiger partial charge in [-0.2, -0.15) is 5.10 Å². The average Bonchev–Trinajstić information content (AvgIpc) is 3.23. The normalized spacial score (nSPS) is 14.4. The van der Waals surface area contributed by atoms with Gasteiger partial charge in [0, 0.05) is 24.7 Å². The SMILES string of the molecule is Cc1c(C(=O)N2CCCC2)nn(C(C)(C)C)c1Oc1ccccc1[N+](=O)[O-]. The monoisotopic (exact) mass is 372 g/mol. The highest BCUT2D eigenvalue weighted by molar-refractivity contribution is 5.94. The lowest BCUT2D eigenvalue weighted by Crippen LogP contribution is -2.29. The Bertz CT molecular complexity index is 876. The molecular weight excluding hydrogens is 348 g/mol. The van der Waals surface area contributed by atoms with Crippen molar-refractivity contribution in [2.24, 2.45) is 0 Å². The molecule has 2 aromatic rings. The van der Waals surface area contributed by atoms with E-state index in [0.29, 0.717) is 17.1 Å². The lowest BCUT2D eigenvalue weighted by molar-refractivity contribution is -0.385. The van der Waals surface area contributed by atoms with Crippen LogP contribution in [0.1, 0.15) is 49.7 Å². The number of hydrogen-bond donors (Lipinski definition) is 0. The molecule has 1 aromatic carbocycles. The van der Waals surface area contributed by atoms with E-state index in [0.717, 1.165) is 25.9 Å². The molecule has 0 bridgehead atoms. The number of benzene rings is 1. The van der Waals surface area contributed by atoms with Crippen molar-refractivity contribution < 1.29 is 14.5 Å². The highest BCUT2D eigenvalue weighted by atomic mass is 16.6. The molecule has 1 amide bonds. The first-order valence-corrected chi connectivity index (χ1v) is 9.01. The number of nitrogens with zero attached hydrogens (tertiary/aromatic N) is 4. The third kappa shape index (κ3) is 3.65. The second-order valence-electron chi connectivity index (χ2n) is 7.69. The molecule has 2 heterocycles. The zero-order valence-electron chi connectivity index (χ0n) is 16.1. The van der Waals surface area contributed by atoms with Gasteiger partial charge in [-0.05, 0) is 46.6 Å². The number of para-hydroxylation sites is 2. The summed E-state index contributed by atoms with van der Waals surface area (Å²) < 4.78 is 7.57. The first kappa shape index (κ1) is 18.9. The van der Waals surface area contributed by atoms with E-state index in [1.165, 1.54) is 6.07 Å². The van der Waals surface area contributed by atoms with Gasteiger partial charge in [-0.3, -0.25) is 14.9 Å². The molecule has 1 saturated heterocycles. The molecule has 8 heteroatoms. The second kappa shape index (κ2) is 7.02. The highest BCUT2D eigenvalue weighted by Gasteiger charge is 2.31. The van der Waals surface area contributed by atoms with Gasteiger partial charge in [0.15, 0.2) is 5.69 Å². The van der Waals surface area contributed by atoms with Gasteiger partial charge in [0.1, 0.15) is 0 Å². The standard InChI is InChI=1S/C19H24N4O4/c1-13-16(17(24)21-11-7-8-12-21)20-22(19(2,3)4)18(13)27-15-10-6-5-9-14(15)23(25)26/h5-6,9-10H,7-8,11-12H2,1-4H3. The van der Waals surface area contributed by atoms with E-state index in [1.807, 2.05) is 20.8 Å². The second-order valence-corrected chi connectivity index (χ2v) is 7.69. The molecule has 144 valence electrons. The number of aromatic nitrogens is 2. The maximum absolute atomic E-state index is 12.9. The maximum atomic E-state index is 12.9. The van der Waals surface area contributed by atoms with Crippen molar-refractivity contribution in [1.82, 2.24) is 14.7 Å². The van der Waals surface area contributed by atoms with Gasteiger partial charge >= 0.3 is 5.69 Å². The minimum absolute atomic E-state index is 0.121. The number of nitro benzene ring substituents is 1. The predicted molar refractivity (Wildman–Crippen MR) is 100 cm³/mol. The molecule has 1 aliphatic rings. The van der Waals surface area contributed by atoms with Crippen LogP contribution in [-0.2, 0) is 5.54 Å². The smallest absolute Gasteiger partial charge is 0.311 e. The molecule has 0 atom stereocenters. The Balaban J connectivity index is 2.06. The van der Waals surface area contributed by atoms with Crippen LogP contribution in [0, 0.1) is 17.0 Å². The molecule has 3 rings (SSSR count). The van der Waals surface area contributed by atoms with Crippen LogP contribution in [0.4, 0.5) is 5.69 Å². The van der Waals surface area contributed by atoms with E-state index in [2.05, 4.69) is 5.10 Å². The Morgan fingerprint density at radius 1 is 1.22 bits per heavy atom. The van der Waals surface area contributed by atoms with Crippen LogP contribution < -0.4 is 4.74 Å². The summed E-state index contributed by atoms with van der Waals surface area (Å²) >= 11 is 0. The molecular formula is C19H24N4O4. The van der Waals surface area contributed by atoms with Crippen LogP contribution in [0.5, 0.6) is 11.6 Å². The van der Waals surface area contributed by atoms with Gasteiger partial charge in [0.2, 0.25) is 11.6 Å². The van der Waals surface area contributed by atoms with Crippen molar-refractivity contribution in [2.75, 3.05) is 13.1 Å². The molecule has 1 aromatic heterocycles. The van der Waals surface area contributed by atoms with Crippen molar-refractivity contribution in [1.29, 1.82) is 0 Å². The number of likely N-dealkylation sites (tertiary alicyclic amines) is 1. The van der Waals surface area contributed by atoms with Crippen molar-refractivity contribution in [3.8, 4) is 11.6 Å². The minimum Gasteiger partial charge on any atom is -0.432 e. The Morgan fingerprint density at radius 2 is 1.85 bits per heavy atom. The summed E-state index contributed by atoms with van der Waals surface area (Å²) in [5, 5.41) is 15.8. The Morgan fingerprint density at radius 3 is 2.44 bits per heavy atom. The van der Waals surface area contributed by atoms with Gasteiger partial charge in [0.05, 0.1) is 10.5 Å². The molecule has 0 saturated carbocycles. The number of hydrogen-bond acceptors (Lipinski definition) is 5. The third-order valence-electron chi connectivity index (χ3n) is 4.57. The summed E-state index contributed by atoms with van der Waals surface area (Å²) in [4.78, 5) is 25.5. The summed E-state index contributed by atoms with van der Waals surface area (Å²) in [7, 11) is 0. The molecule has 27 heavy (non-hydrogen) atoms. The molecule has 0 radical (unpaired) electrons. The van der Waals surface area contributed by atoms with E-state index in [-0.39, 0.29) is 17.3 Å². The predicted octanol–water partition coefficient (Wildman–Crippen LogP) is 3.88. The minimum atomic E-state index is -0.487. The fraction of sp³-hybridized carbons (Fsp3) is 0.474. The van der Waals surface area contributed by atoms with Crippen molar-refractivity contribution in [3.05, 3.63) is 45.6 Å². The quantitative estimate of drug-likeness (QED) is 0.600. The van der Waals surface area contributed by atoms with Gasteiger partial charge in [-0.25, -0.2) is 4.68 Å². The molecule has 8 nitrogen and oxygen atoms in total. The van der Waals surface area contributed by atoms with Gasteiger partial charge < -0.3 is 9.64 Å². The molecule has 0 aliphatic carbocycles. The lowest BCUT2D eigenvalue weighted by atomic mass is 10.1. The van der Waals surface area contributed by atoms with Gasteiger partial charge in [-0.15, -0.1) is 0 Å². The molecule has 1 aliphatic heterocycles. The first-order chi connectivity index (χ1) is 12.7. The lowest BCUT2D eigenvalue weighted by Gasteiger charge is -2.22. The molecule has 0 spiro atoms. The number of amides is 1. The van der Waals surface area contributed by atoms with Crippen LogP contribution in [0.15, 0.2) is 24.3 Å². The van der Waals surface area contributed by atoms with Crippen LogP contribution in [0.25, 0.3) is 0 Å². The Hall–Kier alpha value is -2.90. The fourth-order valence-electron chi connectivity index (χ4n) is 3.13. The molecule has 1 fully saturated rings. The van der Waals surface area contributed by atoms with Crippen LogP contribution >= 0.6 is 0 Å². The highest BCUT2D eigenvalue weighted by Crippen LogP contribution is 2.36. The van der Waals surface area contributed by atoms with Gasteiger partial charge in [-0.1, -0.05) is 12.1 Å².